The van der Waals surface area contributed by atoms with E-state index in [9.17, 15) is 10.2 Å². The number of nitrogens with zero attached hydrogens (tertiary/aromatic N) is 5. The molecule has 10 heteroatoms. The van der Waals surface area contributed by atoms with Gasteiger partial charge in [-0.15, -0.1) is 0 Å². The Morgan fingerprint density at radius 3 is 2.74 bits per heavy atom. The van der Waals surface area contributed by atoms with Crippen molar-refractivity contribution in [2.75, 3.05) is 5.32 Å². The first kappa shape index (κ1) is 15.5. The molecule has 1 aliphatic heterocycles. The Bertz CT molecular complexity index is 1200. The molecule has 3 aromatic heterocycles. The molecular weight excluding hydrogens is 348 g/mol. The number of anilines is 1. The van der Waals surface area contributed by atoms with Gasteiger partial charge in [0.2, 0.25) is 5.88 Å². The fourth-order valence-corrected chi connectivity index (χ4v) is 3.23. The Labute approximate surface area is 152 Å². The summed E-state index contributed by atoms with van der Waals surface area (Å²) in [7, 11) is 0. The van der Waals surface area contributed by atoms with Crippen molar-refractivity contribution in [2.24, 2.45) is 10.8 Å². The topological polar surface area (TPSA) is 142 Å². The number of fused-ring (bicyclic) bond motifs is 2. The molecule has 10 nitrogen and oxygen atoms in total. The highest BCUT2D eigenvalue weighted by atomic mass is 16.3. The number of aromatic nitrogens is 5. The SMILES string of the molecule is CC1=Nn2cc(O)nc2C1(N)Nc1c(O)nc2cc(-c3ccccc3)[nH]n12. The third-order valence-corrected chi connectivity index (χ3v) is 4.65. The number of aromatic hydroxyl groups is 2. The minimum absolute atomic E-state index is 0.188. The molecule has 1 unspecified atom stereocenters. The van der Waals surface area contributed by atoms with Gasteiger partial charge in [0.05, 0.1) is 17.6 Å². The second-order valence-electron chi connectivity index (χ2n) is 6.40. The van der Waals surface area contributed by atoms with Crippen LogP contribution in [0.25, 0.3) is 16.9 Å². The maximum absolute atomic E-state index is 10.3. The Hall–Kier alpha value is -3.79. The van der Waals surface area contributed by atoms with Crippen LogP contribution >= 0.6 is 0 Å². The monoisotopic (exact) mass is 364 g/mol. The number of aromatic amines is 1. The lowest BCUT2D eigenvalue weighted by atomic mass is 10.1. The number of imidazole rings is 2. The van der Waals surface area contributed by atoms with E-state index in [0.29, 0.717) is 17.2 Å². The van der Waals surface area contributed by atoms with E-state index in [2.05, 4.69) is 25.5 Å². The molecule has 0 saturated carbocycles. The summed E-state index contributed by atoms with van der Waals surface area (Å²) < 4.78 is 3.00. The van der Waals surface area contributed by atoms with Gasteiger partial charge in [-0.1, -0.05) is 30.3 Å². The van der Waals surface area contributed by atoms with Gasteiger partial charge in [0.25, 0.3) is 5.88 Å². The van der Waals surface area contributed by atoms with Crippen molar-refractivity contribution < 1.29 is 10.2 Å². The number of H-pyrrole nitrogens is 1. The average molecular weight is 364 g/mol. The smallest absolute Gasteiger partial charge is 0.257 e. The summed E-state index contributed by atoms with van der Waals surface area (Å²) in [6.45, 7) is 1.73. The summed E-state index contributed by atoms with van der Waals surface area (Å²) in [5, 5.41) is 30.5. The summed E-state index contributed by atoms with van der Waals surface area (Å²) in [5.41, 5.74) is 8.05. The Balaban J connectivity index is 1.60. The lowest BCUT2D eigenvalue weighted by molar-refractivity contribution is 0.451. The molecule has 0 aliphatic carbocycles. The molecule has 1 atom stereocenters. The van der Waals surface area contributed by atoms with Crippen LogP contribution in [0.1, 0.15) is 12.7 Å². The number of nitrogens with one attached hydrogen (secondary N) is 2. The number of benzene rings is 1. The van der Waals surface area contributed by atoms with Crippen molar-refractivity contribution in [1.82, 2.24) is 24.3 Å². The van der Waals surface area contributed by atoms with Crippen LogP contribution in [0, 0.1) is 0 Å². The van der Waals surface area contributed by atoms with Gasteiger partial charge in [0, 0.05) is 6.07 Å². The first-order valence-corrected chi connectivity index (χ1v) is 8.23. The van der Waals surface area contributed by atoms with Crippen LogP contribution in [0.15, 0.2) is 47.7 Å². The molecule has 0 saturated heterocycles. The summed E-state index contributed by atoms with van der Waals surface area (Å²) in [6, 6.07) is 11.6. The van der Waals surface area contributed by atoms with Crippen molar-refractivity contribution in [1.29, 1.82) is 0 Å². The second kappa shape index (κ2) is 5.11. The van der Waals surface area contributed by atoms with Crippen molar-refractivity contribution in [2.45, 2.75) is 12.6 Å². The number of hydrogen-bond acceptors (Lipinski definition) is 7. The standard InChI is InChI=1S/C17H16N8O2/c1-9-17(18,16-20-13(26)8-24(16)22-9)21-14-15(27)19-12-7-11(23-25(12)14)10-5-3-2-4-6-10/h2-8,21,23,26-27H,18H2,1H3. The van der Waals surface area contributed by atoms with Crippen molar-refractivity contribution in [3.05, 3.63) is 48.4 Å². The van der Waals surface area contributed by atoms with Crippen LogP contribution in [0.3, 0.4) is 0 Å². The lowest BCUT2D eigenvalue weighted by Gasteiger charge is -2.24. The Kier molecular flexibility index (Phi) is 2.93. The normalized spacial score (nSPS) is 18.7. The van der Waals surface area contributed by atoms with E-state index in [4.69, 9.17) is 5.73 Å². The summed E-state index contributed by atoms with van der Waals surface area (Å²) >= 11 is 0. The largest absolute Gasteiger partial charge is 0.492 e. The molecule has 1 aliphatic rings. The zero-order chi connectivity index (χ0) is 18.8. The maximum atomic E-state index is 10.3. The minimum Gasteiger partial charge on any atom is -0.492 e. The summed E-state index contributed by atoms with van der Waals surface area (Å²) in [6.07, 6.45) is 1.36. The molecule has 0 fully saturated rings. The summed E-state index contributed by atoms with van der Waals surface area (Å²) in [4.78, 5) is 8.20. The molecule has 6 N–H and O–H groups in total. The van der Waals surface area contributed by atoms with E-state index in [1.165, 1.54) is 10.9 Å². The lowest BCUT2D eigenvalue weighted by Crippen LogP contribution is -2.49. The Morgan fingerprint density at radius 1 is 1.19 bits per heavy atom. The molecule has 0 amide bonds. The van der Waals surface area contributed by atoms with Gasteiger partial charge in [-0.2, -0.15) is 15.1 Å². The summed E-state index contributed by atoms with van der Waals surface area (Å²) in [5.74, 6) is 0.168. The van der Waals surface area contributed by atoms with Gasteiger partial charge >= 0.3 is 0 Å². The van der Waals surface area contributed by atoms with Crippen LogP contribution in [-0.4, -0.2) is 40.2 Å². The molecule has 5 rings (SSSR count). The Morgan fingerprint density at radius 2 is 1.96 bits per heavy atom. The van der Waals surface area contributed by atoms with E-state index in [-0.39, 0.29) is 17.6 Å². The van der Waals surface area contributed by atoms with Gasteiger partial charge in [0.1, 0.15) is 0 Å². The molecule has 0 spiro atoms. The second-order valence-corrected chi connectivity index (χ2v) is 6.40. The van der Waals surface area contributed by atoms with E-state index in [0.717, 1.165) is 11.3 Å². The predicted molar refractivity (Wildman–Crippen MR) is 98.5 cm³/mol. The predicted octanol–water partition coefficient (Wildman–Crippen LogP) is 1.40. The number of nitrogens with two attached hydrogens (primary N) is 1. The fraction of sp³-hybridized carbons (Fsp3) is 0.118. The first-order valence-electron chi connectivity index (χ1n) is 8.23. The van der Waals surface area contributed by atoms with Crippen LogP contribution in [-0.2, 0) is 5.66 Å². The molecule has 4 aromatic rings. The van der Waals surface area contributed by atoms with Crippen LogP contribution in [0.2, 0.25) is 0 Å². The van der Waals surface area contributed by atoms with E-state index < -0.39 is 5.66 Å². The minimum atomic E-state index is -1.31. The third-order valence-electron chi connectivity index (χ3n) is 4.65. The highest BCUT2D eigenvalue weighted by Gasteiger charge is 2.42. The van der Waals surface area contributed by atoms with Gasteiger partial charge in [0.15, 0.2) is 23.0 Å². The molecule has 1 aromatic carbocycles. The molecule has 136 valence electrons. The molecular formula is C17H16N8O2. The fourth-order valence-electron chi connectivity index (χ4n) is 3.23. The van der Waals surface area contributed by atoms with Gasteiger partial charge in [-0.3, -0.25) is 10.8 Å². The zero-order valence-corrected chi connectivity index (χ0v) is 14.2. The van der Waals surface area contributed by atoms with Gasteiger partial charge in [-0.05, 0) is 12.5 Å². The van der Waals surface area contributed by atoms with Crippen LogP contribution < -0.4 is 11.1 Å². The van der Waals surface area contributed by atoms with E-state index in [1.807, 2.05) is 36.4 Å². The average Bonchev–Trinajstić information content (AvgIpc) is 3.34. The quantitative estimate of drug-likeness (QED) is 0.348. The third kappa shape index (κ3) is 2.13. The molecule has 0 radical (unpaired) electrons. The molecule has 0 bridgehead atoms. The highest BCUT2D eigenvalue weighted by Crippen LogP contribution is 2.34. The van der Waals surface area contributed by atoms with Crippen LogP contribution in [0.4, 0.5) is 5.82 Å². The van der Waals surface area contributed by atoms with Gasteiger partial charge in [-0.25, -0.2) is 9.19 Å². The molecule has 27 heavy (non-hydrogen) atoms. The maximum Gasteiger partial charge on any atom is 0.257 e. The first-order chi connectivity index (χ1) is 13.0. The van der Waals surface area contributed by atoms with Crippen molar-refractivity contribution in [3.63, 3.8) is 0 Å². The van der Waals surface area contributed by atoms with Crippen molar-refractivity contribution >= 4 is 17.2 Å². The highest BCUT2D eigenvalue weighted by molar-refractivity contribution is 5.95. The number of hydrogen-bond donors (Lipinski definition) is 5. The zero-order valence-electron chi connectivity index (χ0n) is 14.2. The van der Waals surface area contributed by atoms with Gasteiger partial charge < -0.3 is 15.5 Å². The van der Waals surface area contributed by atoms with E-state index in [1.54, 1.807) is 11.4 Å². The molecule has 4 heterocycles. The van der Waals surface area contributed by atoms with E-state index >= 15 is 0 Å². The number of rotatable bonds is 3. The van der Waals surface area contributed by atoms with Crippen molar-refractivity contribution in [3.8, 4) is 23.0 Å². The van der Waals surface area contributed by atoms with Crippen LogP contribution in [0.5, 0.6) is 11.8 Å².